The van der Waals surface area contributed by atoms with E-state index in [2.05, 4.69) is 10.2 Å². The zero-order chi connectivity index (χ0) is 14.9. The molecule has 0 aliphatic heterocycles. The van der Waals surface area contributed by atoms with E-state index in [0.29, 0.717) is 6.54 Å². The summed E-state index contributed by atoms with van der Waals surface area (Å²) in [5, 5.41) is 11.8. The highest BCUT2D eigenvalue weighted by molar-refractivity contribution is 5.83. The third-order valence-corrected chi connectivity index (χ3v) is 4.75. The third kappa shape index (κ3) is 3.06. The van der Waals surface area contributed by atoms with Crippen LogP contribution in [-0.2, 0) is 4.79 Å². The first-order valence-electron chi connectivity index (χ1n) is 7.27. The van der Waals surface area contributed by atoms with Gasteiger partial charge in [-0.1, -0.05) is 0 Å². The molecule has 2 fully saturated rings. The van der Waals surface area contributed by atoms with Crippen molar-refractivity contribution in [3.63, 3.8) is 0 Å². The molecule has 0 bridgehead atoms. The van der Waals surface area contributed by atoms with Gasteiger partial charge in [0.25, 0.3) is 0 Å². The normalized spacial score (nSPS) is 22.0. The Morgan fingerprint density at radius 1 is 1.30 bits per heavy atom. The Labute approximate surface area is 120 Å². The van der Waals surface area contributed by atoms with Crippen LogP contribution < -0.4 is 5.32 Å². The number of hydrogen-bond donors (Lipinski definition) is 2. The molecule has 0 radical (unpaired) electrons. The molecule has 0 spiro atoms. The highest BCUT2D eigenvalue weighted by Gasteiger charge is 2.42. The average Bonchev–Trinajstić information content (AvgIpc) is 3.13. The number of carbonyl (C=O) groups excluding carboxylic acids is 1. The molecule has 2 aliphatic carbocycles. The molecule has 6 heteroatoms. The summed E-state index contributed by atoms with van der Waals surface area (Å²) >= 11 is 0. The van der Waals surface area contributed by atoms with Crippen molar-refractivity contribution in [3.05, 3.63) is 0 Å². The van der Waals surface area contributed by atoms with E-state index < -0.39 is 12.0 Å². The zero-order valence-electron chi connectivity index (χ0n) is 12.6. The number of nitrogens with one attached hydrogen (secondary N) is 1. The first kappa shape index (κ1) is 15.1. The molecule has 0 aromatic heterocycles. The van der Waals surface area contributed by atoms with Gasteiger partial charge in [-0.25, -0.2) is 9.59 Å². The Bertz CT molecular complexity index is 389. The molecule has 0 saturated heterocycles. The van der Waals surface area contributed by atoms with Crippen molar-refractivity contribution >= 4 is 12.0 Å². The average molecular weight is 283 g/mol. The number of aliphatic carboxylic acids is 1. The summed E-state index contributed by atoms with van der Waals surface area (Å²) in [6.07, 6.45) is 5.14. The summed E-state index contributed by atoms with van der Waals surface area (Å²) in [4.78, 5) is 27.1. The molecule has 0 aromatic carbocycles. The van der Waals surface area contributed by atoms with Crippen LogP contribution in [0.2, 0.25) is 0 Å². The van der Waals surface area contributed by atoms with Crippen LogP contribution in [0.4, 0.5) is 4.79 Å². The number of carbonyl (C=O) groups is 2. The Morgan fingerprint density at radius 3 is 2.25 bits per heavy atom. The number of likely N-dealkylation sites (N-methyl/N-ethyl adjacent to an activating group) is 2. The van der Waals surface area contributed by atoms with Crippen LogP contribution in [0.15, 0.2) is 0 Å². The first-order valence-corrected chi connectivity index (χ1v) is 7.27. The van der Waals surface area contributed by atoms with Gasteiger partial charge in [0.1, 0.15) is 6.04 Å². The van der Waals surface area contributed by atoms with Crippen molar-refractivity contribution in [2.24, 2.45) is 5.92 Å². The highest BCUT2D eigenvalue weighted by atomic mass is 16.4. The first-order chi connectivity index (χ1) is 9.35. The van der Waals surface area contributed by atoms with E-state index in [1.165, 1.54) is 6.42 Å². The lowest BCUT2D eigenvalue weighted by atomic mass is 9.75. The molecule has 20 heavy (non-hydrogen) atoms. The number of carboxylic acid groups (broad SMARTS) is 1. The van der Waals surface area contributed by atoms with E-state index in [-0.39, 0.29) is 17.5 Å². The number of urea groups is 1. The van der Waals surface area contributed by atoms with Crippen LogP contribution in [0.3, 0.4) is 0 Å². The minimum Gasteiger partial charge on any atom is -0.480 e. The molecule has 2 saturated carbocycles. The molecular weight excluding hydrogens is 258 g/mol. The lowest BCUT2D eigenvalue weighted by Gasteiger charge is -2.49. The van der Waals surface area contributed by atoms with Crippen molar-refractivity contribution in [2.45, 2.75) is 43.7 Å². The summed E-state index contributed by atoms with van der Waals surface area (Å²) in [7, 11) is 5.81. The van der Waals surface area contributed by atoms with E-state index in [4.69, 9.17) is 5.11 Å². The minimum atomic E-state index is -0.930. The van der Waals surface area contributed by atoms with Gasteiger partial charge in [-0.3, -0.25) is 0 Å². The lowest BCUT2D eigenvalue weighted by molar-refractivity contribution is -0.139. The number of rotatable bonds is 6. The lowest BCUT2D eigenvalue weighted by Crippen LogP contribution is -2.59. The van der Waals surface area contributed by atoms with Gasteiger partial charge < -0.3 is 20.2 Å². The predicted octanol–water partition coefficient (Wildman–Crippen LogP) is 0.975. The monoisotopic (exact) mass is 283 g/mol. The van der Waals surface area contributed by atoms with Crippen molar-refractivity contribution in [3.8, 4) is 0 Å². The smallest absolute Gasteiger partial charge is 0.326 e. The number of amides is 2. The minimum absolute atomic E-state index is 0.0599. The van der Waals surface area contributed by atoms with E-state index >= 15 is 0 Å². The van der Waals surface area contributed by atoms with Crippen molar-refractivity contribution in [1.82, 2.24) is 15.1 Å². The summed E-state index contributed by atoms with van der Waals surface area (Å²) in [6, 6.07) is -1.01. The molecule has 2 N–H and O–H groups in total. The van der Waals surface area contributed by atoms with E-state index in [0.717, 1.165) is 25.7 Å². The molecule has 2 aliphatic rings. The van der Waals surface area contributed by atoms with Crippen molar-refractivity contribution < 1.29 is 14.7 Å². The largest absolute Gasteiger partial charge is 0.480 e. The fourth-order valence-electron chi connectivity index (χ4n) is 2.90. The standard InChI is InChI=1S/C14H25N3O3/c1-16(2)14(7-4-8-14)9-17(3)13(20)15-11(12(18)19)10-5-6-10/h10-11H,4-9H2,1-3H3,(H,15,20)(H,18,19). The quantitative estimate of drug-likeness (QED) is 0.762. The van der Waals surface area contributed by atoms with Gasteiger partial charge in [0.05, 0.1) is 0 Å². The summed E-state index contributed by atoms with van der Waals surface area (Å²) in [6.45, 7) is 0.642. The fraction of sp³-hybridized carbons (Fsp3) is 0.857. The Hall–Kier alpha value is -1.30. The maximum atomic E-state index is 12.2. The van der Waals surface area contributed by atoms with Gasteiger partial charge in [0, 0.05) is 19.1 Å². The second-order valence-corrected chi connectivity index (χ2v) is 6.43. The summed E-state index contributed by atoms with van der Waals surface area (Å²) in [5.74, 6) is -0.823. The van der Waals surface area contributed by atoms with Crippen LogP contribution in [0.25, 0.3) is 0 Å². The van der Waals surface area contributed by atoms with Crippen LogP contribution in [0.5, 0.6) is 0 Å². The van der Waals surface area contributed by atoms with Gasteiger partial charge in [0.15, 0.2) is 0 Å². The maximum Gasteiger partial charge on any atom is 0.326 e. The number of nitrogens with zero attached hydrogens (tertiary/aromatic N) is 2. The van der Waals surface area contributed by atoms with Gasteiger partial charge in [0.2, 0.25) is 0 Å². The zero-order valence-corrected chi connectivity index (χ0v) is 12.6. The molecule has 1 unspecified atom stereocenters. The topological polar surface area (TPSA) is 72.9 Å². The summed E-state index contributed by atoms with van der Waals surface area (Å²) < 4.78 is 0. The van der Waals surface area contributed by atoms with Crippen LogP contribution >= 0.6 is 0 Å². The van der Waals surface area contributed by atoms with E-state index in [1.807, 2.05) is 14.1 Å². The Balaban J connectivity index is 1.89. The fourth-order valence-corrected chi connectivity index (χ4v) is 2.90. The number of carboxylic acids is 1. The van der Waals surface area contributed by atoms with Crippen LogP contribution in [0, 0.1) is 5.92 Å². The van der Waals surface area contributed by atoms with Crippen LogP contribution in [-0.4, -0.2) is 66.2 Å². The molecular formula is C14H25N3O3. The molecule has 0 aromatic rings. The van der Waals surface area contributed by atoms with Gasteiger partial charge >= 0.3 is 12.0 Å². The molecule has 0 heterocycles. The van der Waals surface area contributed by atoms with E-state index in [1.54, 1.807) is 11.9 Å². The molecule has 2 amide bonds. The van der Waals surface area contributed by atoms with Crippen LogP contribution in [0.1, 0.15) is 32.1 Å². The maximum absolute atomic E-state index is 12.2. The Morgan fingerprint density at radius 2 is 1.90 bits per heavy atom. The SMILES string of the molecule is CN(CC1(N(C)C)CCC1)C(=O)NC(C(=O)O)C1CC1. The molecule has 1 atom stereocenters. The van der Waals surface area contributed by atoms with Gasteiger partial charge in [-0.2, -0.15) is 0 Å². The summed E-state index contributed by atoms with van der Waals surface area (Å²) in [5.41, 5.74) is 0.0599. The molecule has 2 rings (SSSR count). The second-order valence-electron chi connectivity index (χ2n) is 6.43. The van der Waals surface area contributed by atoms with Crippen molar-refractivity contribution in [1.29, 1.82) is 0 Å². The predicted molar refractivity (Wildman–Crippen MR) is 75.6 cm³/mol. The van der Waals surface area contributed by atoms with E-state index in [9.17, 15) is 9.59 Å². The van der Waals surface area contributed by atoms with Gasteiger partial charge in [-0.15, -0.1) is 0 Å². The highest BCUT2D eigenvalue weighted by Crippen LogP contribution is 2.37. The second kappa shape index (κ2) is 5.60. The molecule has 6 nitrogen and oxygen atoms in total. The molecule has 114 valence electrons. The van der Waals surface area contributed by atoms with Gasteiger partial charge in [-0.05, 0) is 52.1 Å². The Kier molecular flexibility index (Phi) is 4.22. The third-order valence-electron chi connectivity index (χ3n) is 4.75. The number of hydrogen-bond acceptors (Lipinski definition) is 3. The van der Waals surface area contributed by atoms with Crippen molar-refractivity contribution in [2.75, 3.05) is 27.7 Å².